The van der Waals surface area contributed by atoms with Crippen molar-refractivity contribution >= 4 is 29.2 Å². The average molecular weight is 342 g/mol. The van der Waals surface area contributed by atoms with E-state index in [-0.39, 0.29) is 11.7 Å². The monoisotopic (exact) mass is 342 g/mol. The van der Waals surface area contributed by atoms with Crippen molar-refractivity contribution in [3.8, 4) is 0 Å². The van der Waals surface area contributed by atoms with Crippen LogP contribution in [0.3, 0.4) is 0 Å². The number of rotatable bonds is 6. The van der Waals surface area contributed by atoms with Gasteiger partial charge in [0.1, 0.15) is 0 Å². The van der Waals surface area contributed by atoms with Crippen molar-refractivity contribution in [2.45, 2.75) is 11.3 Å². The Morgan fingerprint density at radius 2 is 1.92 bits per heavy atom. The lowest BCUT2D eigenvalue weighted by Crippen LogP contribution is -1.92. The Labute approximate surface area is 142 Å². The van der Waals surface area contributed by atoms with E-state index in [0.717, 1.165) is 5.56 Å². The molecule has 24 heavy (non-hydrogen) atoms. The average Bonchev–Trinajstić information content (AvgIpc) is 3.03. The normalized spacial score (nSPS) is 10.5. The maximum Gasteiger partial charge on any atom is 0.320 e. The summed E-state index contributed by atoms with van der Waals surface area (Å²) in [5.41, 5.74) is 1.79. The number of anilines is 2. The third kappa shape index (κ3) is 3.72. The maximum atomic E-state index is 10.6. The van der Waals surface area contributed by atoms with Crippen molar-refractivity contribution in [2.24, 2.45) is 0 Å². The fourth-order valence-corrected chi connectivity index (χ4v) is 2.79. The van der Waals surface area contributed by atoms with Gasteiger partial charge in [-0.3, -0.25) is 10.1 Å². The first-order chi connectivity index (χ1) is 11.7. The predicted molar refractivity (Wildman–Crippen MR) is 91.7 cm³/mol. The van der Waals surface area contributed by atoms with Gasteiger partial charge in [0.15, 0.2) is 0 Å². The quantitative estimate of drug-likeness (QED) is 0.410. The first-order valence-electron chi connectivity index (χ1n) is 7.11. The van der Waals surface area contributed by atoms with Crippen molar-refractivity contribution in [2.75, 3.05) is 11.6 Å². The van der Waals surface area contributed by atoms with Crippen molar-refractivity contribution in [1.29, 1.82) is 0 Å². The summed E-state index contributed by atoms with van der Waals surface area (Å²) in [5, 5.41) is 21.6. The van der Waals surface area contributed by atoms with Crippen molar-refractivity contribution in [3.63, 3.8) is 0 Å². The smallest absolute Gasteiger partial charge is 0.320 e. The van der Waals surface area contributed by atoms with E-state index >= 15 is 0 Å². The number of non-ortho nitro benzene ring substituents is 1. The molecule has 122 valence electrons. The Kier molecular flexibility index (Phi) is 4.76. The third-order valence-corrected chi connectivity index (χ3v) is 4.17. The highest BCUT2D eigenvalue weighted by Crippen LogP contribution is 2.24. The van der Waals surface area contributed by atoms with Gasteiger partial charge in [0.2, 0.25) is 5.89 Å². The van der Waals surface area contributed by atoms with Gasteiger partial charge in [0, 0.05) is 22.7 Å². The summed E-state index contributed by atoms with van der Waals surface area (Å²) >= 11 is 1.67. The molecule has 7 nitrogen and oxygen atoms in total. The van der Waals surface area contributed by atoms with Gasteiger partial charge < -0.3 is 9.73 Å². The Balaban J connectivity index is 1.70. The maximum absolute atomic E-state index is 10.6. The SMILES string of the molecule is CSc1ccccc1Cc1nnc(Nc2ccc([N+](=O)[O-])cc2)o1. The van der Waals surface area contributed by atoms with Crippen LogP contribution in [0.15, 0.2) is 57.8 Å². The number of hydrogen-bond donors (Lipinski definition) is 1. The van der Waals surface area contributed by atoms with Crippen LogP contribution in [-0.4, -0.2) is 21.4 Å². The molecule has 1 N–H and O–H groups in total. The zero-order valence-electron chi connectivity index (χ0n) is 12.8. The lowest BCUT2D eigenvalue weighted by atomic mass is 10.1. The summed E-state index contributed by atoms with van der Waals surface area (Å²) in [4.78, 5) is 11.4. The molecule has 0 aliphatic heterocycles. The molecule has 0 amide bonds. The van der Waals surface area contributed by atoms with E-state index in [9.17, 15) is 10.1 Å². The number of nitro groups is 1. The Morgan fingerprint density at radius 3 is 2.62 bits per heavy atom. The minimum atomic E-state index is -0.447. The minimum absolute atomic E-state index is 0.0282. The fourth-order valence-electron chi connectivity index (χ4n) is 2.18. The van der Waals surface area contributed by atoms with Gasteiger partial charge in [-0.25, -0.2) is 0 Å². The zero-order chi connectivity index (χ0) is 16.9. The summed E-state index contributed by atoms with van der Waals surface area (Å²) in [6.07, 6.45) is 2.57. The number of hydrogen-bond acceptors (Lipinski definition) is 7. The van der Waals surface area contributed by atoms with Crippen LogP contribution >= 0.6 is 11.8 Å². The van der Waals surface area contributed by atoms with E-state index < -0.39 is 4.92 Å². The molecule has 0 unspecified atom stereocenters. The summed E-state index contributed by atoms with van der Waals surface area (Å²) in [6, 6.07) is 14.3. The number of nitrogens with one attached hydrogen (secondary N) is 1. The van der Waals surface area contributed by atoms with Crippen molar-refractivity contribution in [1.82, 2.24) is 10.2 Å². The van der Waals surface area contributed by atoms with Crippen molar-refractivity contribution in [3.05, 3.63) is 70.1 Å². The Hall–Kier alpha value is -2.87. The van der Waals surface area contributed by atoms with E-state index in [1.165, 1.54) is 17.0 Å². The molecular formula is C16H14N4O3S. The highest BCUT2D eigenvalue weighted by molar-refractivity contribution is 7.98. The van der Waals surface area contributed by atoms with Gasteiger partial charge in [-0.1, -0.05) is 23.3 Å². The molecule has 0 atom stereocenters. The van der Waals surface area contributed by atoms with E-state index in [1.54, 1.807) is 23.9 Å². The topological polar surface area (TPSA) is 94.1 Å². The standard InChI is InChI=1S/C16H14N4O3S/c1-24-14-5-3-2-4-11(14)10-15-18-19-16(23-15)17-12-6-8-13(9-7-12)20(21)22/h2-9H,10H2,1H3,(H,17,19). The second-order valence-electron chi connectivity index (χ2n) is 4.92. The van der Waals surface area contributed by atoms with Crippen molar-refractivity contribution < 1.29 is 9.34 Å². The van der Waals surface area contributed by atoms with E-state index in [0.29, 0.717) is 18.0 Å². The van der Waals surface area contributed by atoms with E-state index in [2.05, 4.69) is 15.5 Å². The molecule has 8 heteroatoms. The number of nitrogens with zero attached hydrogens (tertiary/aromatic N) is 3. The van der Waals surface area contributed by atoms with Crippen LogP contribution < -0.4 is 5.32 Å². The van der Waals surface area contributed by atoms with Gasteiger partial charge in [-0.2, -0.15) is 0 Å². The first kappa shape index (κ1) is 16.0. The van der Waals surface area contributed by atoms with Gasteiger partial charge in [-0.05, 0) is 30.0 Å². The molecule has 3 rings (SSSR count). The second kappa shape index (κ2) is 7.14. The summed E-state index contributed by atoms with van der Waals surface area (Å²) < 4.78 is 5.59. The van der Waals surface area contributed by atoms with Crippen LogP contribution in [0.2, 0.25) is 0 Å². The lowest BCUT2D eigenvalue weighted by molar-refractivity contribution is -0.384. The molecular weight excluding hydrogens is 328 g/mol. The van der Waals surface area contributed by atoms with Crippen LogP contribution in [0.1, 0.15) is 11.5 Å². The number of thioether (sulfide) groups is 1. The molecule has 0 bridgehead atoms. The number of benzene rings is 2. The molecule has 0 spiro atoms. The molecule has 1 heterocycles. The number of nitro benzene ring substituents is 1. The third-order valence-electron chi connectivity index (χ3n) is 3.33. The van der Waals surface area contributed by atoms with Crippen LogP contribution in [0.4, 0.5) is 17.4 Å². The molecule has 3 aromatic rings. The summed E-state index contributed by atoms with van der Waals surface area (Å²) in [6.45, 7) is 0. The molecule has 1 aromatic heterocycles. The molecule has 0 aliphatic rings. The molecule has 0 radical (unpaired) electrons. The van der Waals surface area contributed by atoms with E-state index in [1.807, 2.05) is 30.5 Å². The zero-order valence-corrected chi connectivity index (χ0v) is 13.6. The van der Waals surface area contributed by atoms with Gasteiger partial charge >= 0.3 is 6.01 Å². The van der Waals surface area contributed by atoms with Crippen LogP contribution in [0.5, 0.6) is 0 Å². The van der Waals surface area contributed by atoms with Crippen LogP contribution in [0.25, 0.3) is 0 Å². The Bertz CT molecular complexity index is 849. The highest BCUT2D eigenvalue weighted by Gasteiger charge is 2.10. The first-order valence-corrected chi connectivity index (χ1v) is 8.34. The molecule has 2 aromatic carbocycles. The predicted octanol–water partition coefficient (Wildman–Crippen LogP) is 4.03. The van der Waals surface area contributed by atoms with Crippen LogP contribution in [-0.2, 0) is 6.42 Å². The van der Waals surface area contributed by atoms with Crippen LogP contribution in [0, 0.1) is 10.1 Å². The van der Waals surface area contributed by atoms with Gasteiger partial charge in [0.25, 0.3) is 5.69 Å². The molecule has 0 aliphatic carbocycles. The summed E-state index contributed by atoms with van der Waals surface area (Å²) in [7, 11) is 0. The van der Waals surface area contributed by atoms with Gasteiger partial charge in [-0.15, -0.1) is 16.9 Å². The molecule has 0 fully saturated rings. The molecule has 0 saturated carbocycles. The van der Waals surface area contributed by atoms with E-state index in [4.69, 9.17) is 4.42 Å². The van der Waals surface area contributed by atoms with Gasteiger partial charge in [0.05, 0.1) is 11.3 Å². The lowest BCUT2D eigenvalue weighted by Gasteiger charge is -2.03. The second-order valence-corrected chi connectivity index (χ2v) is 5.77. The molecule has 0 saturated heterocycles. The fraction of sp³-hybridized carbons (Fsp3) is 0.125. The minimum Gasteiger partial charge on any atom is -0.408 e. The number of aromatic nitrogens is 2. The highest BCUT2D eigenvalue weighted by atomic mass is 32.2. The largest absolute Gasteiger partial charge is 0.408 e. The summed E-state index contributed by atoms with van der Waals surface area (Å²) in [5.74, 6) is 0.501. The Morgan fingerprint density at radius 1 is 1.17 bits per heavy atom.